The van der Waals surface area contributed by atoms with Crippen molar-refractivity contribution >= 4 is 17.1 Å². The van der Waals surface area contributed by atoms with Gasteiger partial charge in [0.05, 0.1) is 11.4 Å². The van der Waals surface area contributed by atoms with Gasteiger partial charge in [-0.1, -0.05) is 39.0 Å². The van der Waals surface area contributed by atoms with Crippen LogP contribution in [0.3, 0.4) is 0 Å². The Morgan fingerprint density at radius 1 is 1.05 bits per heavy atom. The fourth-order valence-electron chi connectivity index (χ4n) is 2.20. The number of rotatable bonds is 2. The van der Waals surface area contributed by atoms with Crippen molar-refractivity contribution in [1.82, 2.24) is 0 Å². The smallest absolute Gasteiger partial charge is 0.128 e. The van der Waals surface area contributed by atoms with Crippen molar-refractivity contribution in [2.45, 2.75) is 33.1 Å². The number of para-hydroxylation sites is 1. The molecule has 0 aliphatic rings. The lowest BCUT2D eigenvalue weighted by Crippen LogP contribution is -2.13. The Balaban J connectivity index is 2.43. The van der Waals surface area contributed by atoms with E-state index in [0.717, 1.165) is 11.4 Å². The SMILES string of the molecule is Cc1cc(Nc2ccccc2C(C)(C)C)c(N)cc1F. The Morgan fingerprint density at radius 2 is 1.70 bits per heavy atom. The van der Waals surface area contributed by atoms with E-state index in [1.54, 1.807) is 13.0 Å². The summed E-state index contributed by atoms with van der Waals surface area (Å²) in [6.07, 6.45) is 0. The van der Waals surface area contributed by atoms with Crippen LogP contribution in [-0.4, -0.2) is 0 Å². The van der Waals surface area contributed by atoms with Crippen LogP contribution in [0.2, 0.25) is 0 Å². The molecule has 2 rings (SSSR count). The summed E-state index contributed by atoms with van der Waals surface area (Å²) < 4.78 is 13.5. The second-order valence-electron chi connectivity index (χ2n) is 6.11. The maximum Gasteiger partial charge on any atom is 0.128 e. The maximum absolute atomic E-state index is 13.5. The Morgan fingerprint density at radius 3 is 2.35 bits per heavy atom. The highest BCUT2D eigenvalue weighted by atomic mass is 19.1. The van der Waals surface area contributed by atoms with Crippen molar-refractivity contribution in [2.75, 3.05) is 11.1 Å². The van der Waals surface area contributed by atoms with E-state index >= 15 is 0 Å². The van der Waals surface area contributed by atoms with Gasteiger partial charge in [-0.25, -0.2) is 4.39 Å². The third kappa shape index (κ3) is 2.93. The average Bonchev–Trinajstić information content (AvgIpc) is 2.35. The molecule has 0 atom stereocenters. The molecule has 0 radical (unpaired) electrons. The van der Waals surface area contributed by atoms with Crippen LogP contribution in [0.5, 0.6) is 0 Å². The molecule has 0 heterocycles. The number of hydrogen-bond donors (Lipinski definition) is 2. The van der Waals surface area contributed by atoms with Crippen LogP contribution in [0.1, 0.15) is 31.9 Å². The number of halogens is 1. The van der Waals surface area contributed by atoms with Crippen molar-refractivity contribution in [2.24, 2.45) is 0 Å². The number of anilines is 3. The molecular weight excluding hydrogens is 251 g/mol. The van der Waals surface area contributed by atoms with Gasteiger partial charge in [0, 0.05) is 5.69 Å². The number of hydrogen-bond acceptors (Lipinski definition) is 2. The van der Waals surface area contributed by atoms with Crippen LogP contribution in [0.25, 0.3) is 0 Å². The zero-order chi connectivity index (χ0) is 14.9. The summed E-state index contributed by atoms with van der Waals surface area (Å²) in [4.78, 5) is 0. The topological polar surface area (TPSA) is 38.0 Å². The van der Waals surface area contributed by atoms with E-state index in [4.69, 9.17) is 5.73 Å². The summed E-state index contributed by atoms with van der Waals surface area (Å²) in [5, 5.41) is 3.32. The van der Waals surface area contributed by atoms with E-state index < -0.39 is 0 Å². The van der Waals surface area contributed by atoms with Crippen molar-refractivity contribution < 1.29 is 4.39 Å². The number of benzene rings is 2. The second kappa shape index (κ2) is 5.16. The number of aryl methyl sites for hydroxylation is 1. The Kier molecular flexibility index (Phi) is 3.71. The normalized spacial score (nSPS) is 11.4. The predicted octanol–water partition coefficient (Wildman–Crippen LogP) is 4.76. The van der Waals surface area contributed by atoms with Gasteiger partial charge >= 0.3 is 0 Å². The molecular formula is C17H21FN2. The highest BCUT2D eigenvalue weighted by molar-refractivity contribution is 5.75. The van der Waals surface area contributed by atoms with Gasteiger partial charge in [-0.15, -0.1) is 0 Å². The van der Waals surface area contributed by atoms with Gasteiger partial charge in [0.15, 0.2) is 0 Å². The largest absolute Gasteiger partial charge is 0.397 e. The van der Waals surface area contributed by atoms with E-state index in [1.165, 1.54) is 11.6 Å². The van der Waals surface area contributed by atoms with Crippen molar-refractivity contribution in [3.05, 3.63) is 53.3 Å². The van der Waals surface area contributed by atoms with Gasteiger partial charge < -0.3 is 11.1 Å². The van der Waals surface area contributed by atoms with Crippen molar-refractivity contribution in [1.29, 1.82) is 0 Å². The number of nitrogen functional groups attached to an aromatic ring is 1. The standard InChI is InChI=1S/C17H21FN2/c1-11-9-16(14(19)10-13(11)18)20-15-8-6-5-7-12(15)17(2,3)4/h5-10,20H,19H2,1-4H3. The molecule has 0 aliphatic carbocycles. The molecule has 0 saturated heterocycles. The van der Waals surface area contributed by atoms with Gasteiger partial charge in [0.25, 0.3) is 0 Å². The van der Waals surface area contributed by atoms with Crippen molar-refractivity contribution in [3.8, 4) is 0 Å². The van der Waals surface area contributed by atoms with Gasteiger partial charge in [-0.3, -0.25) is 0 Å². The fraction of sp³-hybridized carbons (Fsp3) is 0.294. The van der Waals surface area contributed by atoms with Gasteiger partial charge in [0.1, 0.15) is 5.82 Å². The maximum atomic E-state index is 13.5. The van der Waals surface area contributed by atoms with E-state index in [-0.39, 0.29) is 11.2 Å². The van der Waals surface area contributed by atoms with Crippen LogP contribution in [0, 0.1) is 12.7 Å². The lowest BCUT2D eigenvalue weighted by atomic mass is 9.86. The molecule has 0 aromatic heterocycles. The molecule has 106 valence electrons. The zero-order valence-corrected chi connectivity index (χ0v) is 12.4. The third-order valence-electron chi connectivity index (χ3n) is 3.34. The van der Waals surface area contributed by atoms with Gasteiger partial charge in [-0.2, -0.15) is 0 Å². The summed E-state index contributed by atoms with van der Waals surface area (Å²) in [5.41, 5.74) is 9.84. The first kappa shape index (κ1) is 14.4. The molecule has 2 nitrogen and oxygen atoms in total. The van der Waals surface area contributed by atoms with Gasteiger partial charge in [-0.05, 0) is 41.7 Å². The number of nitrogens with two attached hydrogens (primary N) is 1. The molecule has 0 bridgehead atoms. The molecule has 3 heteroatoms. The molecule has 3 N–H and O–H groups in total. The lowest BCUT2D eigenvalue weighted by Gasteiger charge is -2.24. The van der Waals surface area contributed by atoms with Crippen LogP contribution in [0.4, 0.5) is 21.5 Å². The molecule has 0 fully saturated rings. The highest BCUT2D eigenvalue weighted by Gasteiger charge is 2.18. The number of nitrogens with one attached hydrogen (secondary N) is 1. The van der Waals surface area contributed by atoms with Crippen LogP contribution >= 0.6 is 0 Å². The van der Waals surface area contributed by atoms with E-state index in [0.29, 0.717) is 11.3 Å². The van der Waals surface area contributed by atoms with E-state index in [2.05, 4.69) is 32.2 Å². The second-order valence-corrected chi connectivity index (χ2v) is 6.11. The first-order valence-corrected chi connectivity index (χ1v) is 6.71. The van der Waals surface area contributed by atoms with Gasteiger partial charge in [0.2, 0.25) is 0 Å². The molecule has 0 spiro atoms. The minimum absolute atomic E-state index is 0.0213. The third-order valence-corrected chi connectivity index (χ3v) is 3.34. The predicted molar refractivity (Wildman–Crippen MR) is 84.0 cm³/mol. The average molecular weight is 272 g/mol. The summed E-state index contributed by atoms with van der Waals surface area (Å²) in [6.45, 7) is 8.21. The summed E-state index contributed by atoms with van der Waals surface area (Å²) in [7, 11) is 0. The first-order valence-electron chi connectivity index (χ1n) is 6.71. The minimum Gasteiger partial charge on any atom is -0.397 e. The quantitative estimate of drug-likeness (QED) is 0.774. The Hall–Kier alpha value is -2.03. The van der Waals surface area contributed by atoms with Crippen LogP contribution in [0.15, 0.2) is 36.4 Å². The summed E-state index contributed by atoms with van der Waals surface area (Å²) >= 11 is 0. The molecule has 20 heavy (non-hydrogen) atoms. The molecule has 2 aromatic rings. The molecule has 0 aliphatic heterocycles. The Labute approximate surface area is 119 Å². The first-order chi connectivity index (χ1) is 9.29. The Bertz CT molecular complexity index is 627. The lowest BCUT2D eigenvalue weighted by molar-refractivity contribution is 0.592. The fourth-order valence-corrected chi connectivity index (χ4v) is 2.20. The molecule has 2 aromatic carbocycles. The minimum atomic E-state index is -0.280. The van der Waals surface area contributed by atoms with E-state index in [1.807, 2.05) is 18.2 Å². The molecule has 0 saturated carbocycles. The van der Waals surface area contributed by atoms with Crippen molar-refractivity contribution in [3.63, 3.8) is 0 Å². The zero-order valence-electron chi connectivity index (χ0n) is 12.4. The highest BCUT2D eigenvalue weighted by Crippen LogP contribution is 2.33. The van der Waals surface area contributed by atoms with Crippen LogP contribution < -0.4 is 11.1 Å². The van der Waals surface area contributed by atoms with Crippen LogP contribution in [-0.2, 0) is 5.41 Å². The van der Waals surface area contributed by atoms with E-state index in [9.17, 15) is 4.39 Å². The molecule has 0 unspecified atom stereocenters. The summed E-state index contributed by atoms with van der Waals surface area (Å²) in [6, 6.07) is 11.2. The summed E-state index contributed by atoms with van der Waals surface area (Å²) in [5.74, 6) is -0.280. The monoisotopic (exact) mass is 272 g/mol. The molecule has 0 amide bonds.